The summed E-state index contributed by atoms with van der Waals surface area (Å²) >= 11 is 1.46. The van der Waals surface area contributed by atoms with Crippen molar-refractivity contribution in [1.82, 2.24) is 14.9 Å². The molecule has 2 atom stereocenters. The number of amides is 1. The average Bonchev–Trinajstić information content (AvgIpc) is 2.85. The predicted molar refractivity (Wildman–Crippen MR) is 88.1 cm³/mol. The van der Waals surface area contributed by atoms with Crippen LogP contribution in [0.4, 0.5) is 0 Å². The smallest absolute Gasteiger partial charge is 0.233 e. The molecule has 0 aliphatic carbocycles. The largest absolute Gasteiger partial charge is 0.372 e. The minimum absolute atomic E-state index is 0.104. The highest BCUT2D eigenvalue weighted by Gasteiger charge is 2.25. The van der Waals surface area contributed by atoms with Crippen molar-refractivity contribution >= 4 is 28.7 Å². The number of nitrogens with one attached hydrogen (secondary N) is 1. The first-order chi connectivity index (χ1) is 10.5. The van der Waals surface area contributed by atoms with E-state index in [2.05, 4.69) is 23.0 Å². The van der Waals surface area contributed by atoms with E-state index >= 15 is 0 Å². The molecule has 3 rings (SSSR count). The number of benzene rings is 1. The molecule has 1 aliphatic heterocycles. The van der Waals surface area contributed by atoms with Crippen molar-refractivity contribution in [2.45, 2.75) is 38.1 Å². The zero-order valence-electron chi connectivity index (χ0n) is 13.1. The van der Waals surface area contributed by atoms with Gasteiger partial charge in [0.05, 0.1) is 29.0 Å². The Morgan fingerprint density at radius 1 is 1.41 bits per heavy atom. The molecule has 0 spiro atoms. The maximum atomic E-state index is 12.3. The Morgan fingerprint density at radius 2 is 2.14 bits per heavy atom. The van der Waals surface area contributed by atoms with Crippen LogP contribution in [-0.2, 0) is 9.53 Å². The van der Waals surface area contributed by atoms with Crippen LogP contribution in [-0.4, -0.2) is 51.8 Å². The van der Waals surface area contributed by atoms with E-state index in [1.807, 2.05) is 30.9 Å². The van der Waals surface area contributed by atoms with E-state index in [-0.39, 0.29) is 18.1 Å². The summed E-state index contributed by atoms with van der Waals surface area (Å²) in [4.78, 5) is 22.0. The maximum absolute atomic E-state index is 12.3. The van der Waals surface area contributed by atoms with Crippen molar-refractivity contribution in [1.29, 1.82) is 0 Å². The SMILES string of the molecule is Cc1ccc2nc(SCC(=O)N3C[C@H](C)O[C@@H](C)C3)[nH]c2c1. The van der Waals surface area contributed by atoms with Gasteiger partial charge in [-0.15, -0.1) is 0 Å². The topological polar surface area (TPSA) is 58.2 Å². The van der Waals surface area contributed by atoms with Crippen molar-refractivity contribution < 1.29 is 9.53 Å². The molecular formula is C16H21N3O2S. The van der Waals surface area contributed by atoms with Gasteiger partial charge in [0.15, 0.2) is 5.16 Å². The third-order valence-corrected chi connectivity index (χ3v) is 4.58. The Labute approximate surface area is 134 Å². The molecule has 118 valence electrons. The number of carbonyl (C=O) groups excluding carboxylic acids is 1. The molecule has 5 nitrogen and oxygen atoms in total. The number of aryl methyl sites for hydroxylation is 1. The van der Waals surface area contributed by atoms with Crippen LogP contribution in [0.25, 0.3) is 11.0 Å². The fourth-order valence-corrected chi connectivity index (χ4v) is 3.56. The molecule has 2 heterocycles. The number of thioether (sulfide) groups is 1. The first-order valence-corrected chi connectivity index (χ1v) is 8.52. The molecule has 1 aromatic carbocycles. The quantitative estimate of drug-likeness (QED) is 0.884. The average molecular weight is 319 g/mol. The van der Waals surface area contributed by atoms with Crippen LogP contribution in [0.2, 0.25) is 0 Å². The summed E-state index contributed by atoms with van der Waals surface area (Å²) in [5.74, 6) is 0.543. The lowest BCUT2D eigenvalue weighted by molar-refractivity contribution is -0.140. The van der Waals surface area contributed by atoms with Gasteiger partial charge in [0.1, 0.15) is 0 Å². The van der Waals surface area contributed by atoms with Gasteiger partial charge in [0.2, 0.25) is 5.91 Å². The number of aromatic amines is 1. The van der Waals surface area contributed by atoms with Crippen LogP contribution < -0.4 is 0 Å². The molecular weight excluding hydrogens is 298 g/mol. The van der Waals surface area contributed by atoms with E-state index in [1.54, 1.807) is 0 Å². The zero-order valence-corrected chi connectivity index (χ0v) is 13.9. The molecule has 6 heteroatoms. The molecule has 22 heavy (non-hydrogen) atoms. The van der Waals surface area contributed by atoms with Crippen molar-refractivity contribution in [2.24, 2.45) is 0 Å². The van der Waals surface area contributed by atoms with E-state index in [0.29, 0.717) is 18.8 Å². The fraction of sp³-hybridized carbons (Fsp3) is 0.500. The van der Waals surface area contributed by atoms with Gasteiger partial charge in [-0.05, 0) is 38.5 Å². The second-order valence-corrected chi connectivity index (χ2v) is 6.87. The number of aromatic nitrogens is 2. The number of morpholine rings is 1. The number of rotatable bonds is 3. The third-order valence-electron chi connectivity index (χ3n) is 3.72. The predicted octanol–water partition coefficient (Wildman–Crippen LogP) is 2.60. The van der Waals surface area contributed by atoms with Crippen molar-refractivity contribution in [3.8, 4) is 0 Å². The van der Waals surface area contributed by atoms with Crippen LogP contribution in [0.1, 0.15) is 19.4 Å². The molecule has 1 fully saturated rings. The number of H-pyrrole nitrogens is 1. The van der Waals surface area contributed by atoms with Gasteiger partial charge in [-0.1, -0.05) is 17.8 Å². The molecule has 0 bridgehead atoms. The summed E-state index contributed by atoms with van der Waals surface area (Å²) in [6.45, 7) is 7.40. The van der Waals surface area contributed by atoms with Gasteiger partial charge in [-0.2, -0.15) is 0 Å². The normalized spacial score (nSPS) is 22.2. The van der Waals surface area contributed by atoms with E-state index < -0.39 is 0 Å². The molecule has 1 aliphatic rings. The van der Waals surface area contributed by atoms with Crippen LogP contribution >= 0.6 is 11.8 Å². The minimum atomic E-state index is 0.104. The van der Waals surface area contributed by atoms with Crippen molar-refractivity contribution in [2.75, 3.05) is 18.8 Å². The van der Waals surface area contributed by atoms with Gasteiger partial charge in [-0.3, -0.25) is 4.79 Å². The zero-order chi connectivity index (χ0) is 15.7. The van der Waals surface area contributed by atoms with Crippen LogP contribution in [0, 0.1) is 6.92 Å². The van der Waals surface area contributed by atoms with Crippen molar-refractivity contribution in [3.63, 3.8) is 0 Å². The van der Waals surface area contributed by atoms with Gasteiger partial charge >= 0.3 is 0 Å². The lowest BCUT2D eigenvalue weighted by Gasteiger charge is -2.35. The van der Waals surface area contributed by atoms with Crippen LogP contribution in [0.15, 0.2) is 23.4 Å². The highest BCUT2D eigenvalue weighted by atomic mass is 32.2. The molecule has 1 saturated heterocycles. The van der Waals surface area contributed by atoms with E-state index in [0.717, 1.165) is 16.2 Å². The second-order valence-electron chi connectivity index (χ2n) is 5.91. The number of carbonyl (C=O) groups is 1. The van der Waals surface area contributed by atoms with E-state index in [1.165, 1.54) is 17.3 Å². The Balaban J connectivity index is 1.62. The molecule has 0 radical (unpaired) electrons. The Morgan fingerprint density at radius 3 is 2.86 bits per heavy atom. The summed E-state index contributed by atoms with van der Waals surface area (Å²) in [5.41, 5.74) is 3.15. The standard InChI is InChI=1S/C16H21N3O2S/c1-10-4-5-13-14(6-10)18-16(17-13)22-9-15(20)19-7-11(2)21-12(3)8-19/h4-6,11-12H,7-9H2,1-3H3,(H,17,18)/t11-,12-/m0/s1. The number of ether oxygens (including phenoxy) is 1. The Bertz CT molecular complexity index is 675. The van der Waals surface area contributed by atoms with E-state index in [4.69, 9.17) is 4.74 Å². The highest BCUT2D eigenvalue weighted by molar-refractivity contribution is 7.99. The van der Waals surface area contributed by atoms with Crippen LogP contribution in [0.5, 0.6) is 0 Å². The first kappa shape index (κ1) is 15.4. The Kier molecular flexibility index (Phi) is 4.40. The van der Waals surface area contributed by atoms with Crippen molar-refractivity contribution in [3.05, 3.63) is 23.8 Å². The lowest BCUT2D eigenvalue weighted by atomic mass is 10.2. The molecule has 0 unspecified atom stereocenters. The number of hydrogen-bond donors (Lipinski definition) is 1. The summed E-state index contributed by atoms with van der Waals surface area (Å²) in [5, 5.41) is 0.795. The van der Waals surface area contributed by atoms with Gasteiger partial charge < -0.3 is 14.6 Å². The lowest BCUT2D eigenvalue weighted by Crippen LogP contribution is -2.48. The molecule has 1 aromatic heterocycles. The fourth-order valence-electron chi connectivity index (χ4n) is 2.77. The van der Waals surface area contributed by atoms with Gasteiger partial charge in [0, 0.05) is 13.1 Å². The number of fused-ring (bicyclic) bond motifs is 1. The Hall–Kier alpha value is -1.53. The maximum Gasteiger partial charge on any atom is 0.233 e. The molecule has 2 aromatic rings. The van der Waals surface area contributed by atoms with E-state index in [9.17, 15) is 4.79 Å². The van der Waals surface area contributed by atoms with Gasteiger partial charge in [-0.25, -0.2) is 4.98 Å². The molecule has 0 saturated carbocycles. The third kappa shape index (κ3) is 3.44. The van der Waals surface area contributed by atoms with Gasteiger partial charge in [0.25, 0.3) is 0 Å². The molecule has 1 N–H and O–H groups in total. The summed E-state index contributed by atoms with van der Waals surface area (Å²) in [6.07, 6.45) is 0.207. The number of imidazole rings is 1. The highest BCUT2D eigenvalue weighted by Crippen LogP contribution is 2.21. The minimum Gasteiger partial charge on any atom is -0.372 e. The number of nitrogens with zero attached hydrogens (tertiary/aromatic N) is 2. The summed E-state index contributed by atoms with van der Waals surface area (Å²) < 4.78 is 5.66. The summed E-state index contributed by atoms with van der Waals surface area (Å²) in [7, 11) is 0. The van der Waals surface area contributed by atoms with Crippen LogP contribution in [0.3, 0.4) is 0 Å². The molecule has 1 amide bonds. The summed E-state index contributed by atoms with van der Waals surface area (Å²) in [6, 6.07) is 6.11. The second kappa shape index (κ2) is 6.30. The first-order valence-electron chi connectivity index (χ1n) is 7.53. The monoisotopic (exact) mass is 319 g/mol. The number of hydrogen-bond acceptors (Lipinski definition) is 4.